The lowest BCUT2D eigenvalue weighted by Crippen LogP contribution is -2.12. The van der Waals surface area contributed by atoms with Crippen LogP contribution >= 0.6 is 11.6 Å². The first-order chi connectivity index (χ1) is 7.78. The van der Waals surface area contributed by atoms with E-state index in [0.29, 0.717) is 0 Å². The van der Waals surface area contributed by atoms with Gasteiger partial charge in [0.2, 0.25) is 0 Å². The largest absolute Gasteiger partial charge is 0.389 e. The molecule has 6 heteroatoms. The van der Waals surface area contributed by atoms with Gasteiger partial charge in [-0.05, 0) is 23.8 Å². The van der Waals surface area contributed by atoms with E-state index in [1.54, 1.807) is 0 Å². The van der Waals surface area contributed by atoms with Gasteiger partial charge in [-0.1, -0.05) is 11.6 Å². The highest BCUT2D eigenvalue weighted by Gasteiger charge is 2.27. The van der Waals surface area contributed by atoms with E-state index in [9.17, 15) is 22.4 Å². The molecule has 1 aromatic carbocycles. The Labute approximate surface area is 100 Å². The molecule has 1 rings (SSSR count). The summed E-state index contributed by atoms with van der Waals surface area (Å²) in [5.41, 5.74) is 0.207. The third-order valence-electron chi connectivity index (χ3n) is 2.08. The van der Waals surface area contributed by atoms with E-state index < -0.39 is 30.6 Å². The molecule has 0 fully saturated rings. The van der Waals surface area contributed by atoms with Gasteiger partial charge in [0.25, 0.3) is 0 Å². The second-order valence-corrected chi connectivity index (χ2v) is 3.97. The lowest BCUT2D eigenvalue weighted by Gasteiger charge is -2.06. The van der Waals surface area contributed by atoms with Gasteiger partial charge in [-0.3, -0.25) is 4.79 Å². The molecule has 0 spiro atoms. The predicted molar refractivity (Wildman–Crippen MR) is 55.4 cm³/mol. The molecule has 0 N–H and O–H groups in total. The zero-order valence-electron chi connectivity index (χ0n) is 8.65. The van der Waals surface area contributed by atoms with E-state index in [1.807, 2.05) is 0 Å². The first-order valence-corrected chi connectivity index (χ1v) is 5.18. The highest BCUT2D eigenvalue weighted by molar-refractivity contribution is 6.31. The molecule has 94 valence electrons. The summed E-state index contributed by atoms with van der Waals surface area (Å²) in [5, 5.41) is 0.173. The average molecular weight is 269 g/mol. The number of halogens is 5. The standard InChI is InChI=1S/C11H9ClF4O/c12-10-2-1-8(13)5-7(10)6-9(17)3-4-11(14,15)16/h1-2,5H,3-4,6H2. The summed E-state index contributed by atoms with van der Waals surface area (Å²) in [4.78, 5) is 11.2. The second kappa shape index (κ2) is 5.49. The Morgan fingerprint density at radius 2 is 1.94 bits per heavy atom. The van der Waals surface area contributed by atoms with Crippen molar-refractivity contribution in [1.82, 2.24) is 0 Å². The number of carbonyl (C=O) groups excluding carboxylic acids is 1. The average Bonchev–Trinajstić information content (AvgIpc) is 2.20. The van der Waals surface area contributed by atoms with E-state index in [1.165, 1.54) is 6.07 Å². The summed E-state index contributed by atoms with van der Waals surface area (Å²) >= 11 is 5.69. The molecule has 0 saturated carbocycles. The lowest BCUT2D eigenvalue weighted by atomic mass is 10.1. The van der Waals surface area contributed by atoms with Gasteiger partial charge in [0, 0.05) is 17.9 Å². The van der Waals surface area contributed by atoms with Crippen LogP contribution in [0, 0.1) is 5.82 Å². The van der Waals surface area contributed by atoms with Crippen LogP contribution in [0.4, 0.5) is 17.6 Å². The normalized spacial score (nSPS) is 11.6. The van der Waals surface area contributed by atoms with Crippen LogP contribution in [0.15, 0.2) is 18.2 Å². The minimum Gasteiger partial charge on any atom is -0.299 e. The van der Waals surface area contributed by atoms with Gasteiger partial charge in [0.15, 0.2) is 0 Å². The Bertz CT molecular complexity index is 414. The maximum Gasteiger partial charge on any atom is 0.389 e. The van der Waals surface area contributed by atoms with Crippen LogP contribution in [0.2, 0.25) is 5.02 Å². The summed E-state index contributed by atoms with van der Waals surface area (Å²) in [6.07, 6.45) is -6.43. The second-order valence-electron chi connectivity index (χ2n) is 3.57. The van der Waals surface area contributed by atoms with E-state index in [0.717, 1.165) is 12.1 Å². The number of carbonyl (C=O) groups is 1. The van der Waals surface area contributed by atoms with Gasteiger partial charge in [0.1, 0.15) is 11.6 Å². The Hall–Kier alpha value is -1.10. The fraction of sp³-hybridized carbons (Fsp3) is 0.364. The van der Waals surface area contributed by atoms with Crippen LogP contribution < -0.4 is 0 Å². The topological polar surface area (TPSA) is 17.1 Å². The Kier molecular flexibility index (Phi) is 4.51. The highest BCUT2D eigenvalue weighted by atomic mass is 35.5. The minimum atomic E-state index is -4.36. The molecule has 1 nitrogen and oxygen atoms in total. The number of rotatable bonds is 4. The molecule has 0 heterocycles. The molecule has 0 aliphatic heterocycles. The van der Waals surface area contributed by atoms with Gasteiger partial charge in [-0.25, -0.2) is 4.39 Å². The molecule has 0 atom stereocenters. The summed E-state index contributed by atoms with van der Waals surface area (Å²) in [5.74, 6) is -1.19. The summed E-state index contributed by atoms with van der Waals surface area (Å²) in [7, 11) is 0. The van der Waals surface area contributed by atoms with Crippen LogP contribution in [0.25, 0.3) is 0 Å². The maximum atomic E-state index is 12.8. The van der Waals surface area contributed by atoms with E-state index in [2.05, 4.69) is 0 Å². The number of hydrogen-bond acceptors (Lipinski definition) is 1. The molecule has 0 aliphatic carbocycles. The zero-order valence-corrected chi connectivity index (χ0v) is 9.41. The quantitative estimate of drug-likeness (QED) is 0.756. The van der Waals surface area contributed by atoms with Crippen molar-refractivity contribution in [2.75, 3.05) is 0 Å². The highest BCUT2D eigenvalue weighted by Crippen LogP contribution is 2.23. The SMILES string of the molecule is O=C(CCC(F)(F)F)Cc1cc(F)ccc1Cl. The lowest BCUT2D eigenvalue weighted by molar-refractivity contribution is -0.143. The molecule has 17 heavy (non-hydrogen) atoms. The van der Waals surface area contributed by atoms with Crippen LogP contribution in [0.5, 0.6) is 0 Å². The van der Waals surface area contributed by atoms with E-state index in [-0.39, 0.29) is 17.0 Å². The maximum absolute atomic E-state index is 12.8. The Morgan fingerprint density at radius 1 is 1.29 bits per heavy atom. The monoisotopic (exact) mass is 268 g/mol. The molecular formula is C11H9ClF4O. The van der Waals surface area contributed by atoms with Gasteiger partial charge >= 0.3 is 6.18 Å². The third-order valence-corrected chi connectivity index (χ3v) is 2.45. The zero-order chi connectivity index (χ0) is 13.1. The number of alkyl halides is 3. The molecule has 0 saturated heterocycles. The van der Waals surface area contributed by atoms with E-state index in [4.69, 9.17) is 11.6 Å². The van der Waals surface area contributed by atoms with Crippen LogP contribution in [-0.2, 0) is 11.2 Å². The summed E-state index contributed by atoms with van der Waals surface area (Å²) < 4.78 is 48.4. The predicted octanol–water partition coefficient (Wildman–Crippen LogP) is 3.93. The molecule has 0 aromatic heterocycles. The molecule has 0 amide bonds. The van der Waals surface area contributed by atoms with Gasteiger partial charge < -0.3 is 0 Å². The van der Waals surface area contributed by atoms with Crippen molar-refractivity contribution >= 4 is 17.4 Å². The molecular weight excluding hydrogens is 260 g/mol. The molecule has 0 unspecified atom stereocenters. The van der Waals surface area contributed by atoms with Crippen molar-refractivity contribution in [3.8, 4) is 0 Å². The number of ketones is 1. The number of hydrogen-bond donors (Lipinski definition) is 0. The summed E-state index contributed by atoms with van der Waals surface area (Å²) in [6.45, 7) is 0. The molecule has 0 aliphatic rings. The van der Waals surface area contributed by atoms with Crippen molar-refractivity contribution < 1.29 is 22.4 Å². The van der Waals surface area contributed by atoms with Crippen LogP contribution in [-0.4, -0.2) is 12.0 Å². The van der Waals surface area contributed by atoms with E-state index >= 15 is 0 Å². The smallest absolute Gasteiger partial charge is 0.299 e. The first-order valence-electron chi connectivity index (χ1n) is 4.80. The number of benzene rings is 1. The minimum absolute atomic E-state index is 0.173. The van der Waals surface area contributed by atoms with Crippen molar-refractivity contribution in [2.45, 2.75) is 25.4 Å². The number of Topliss-reactive ketones (excluding diaryl/α,β-unsaturated/α-hetero) is 1. The van der Waals surface area contributed by atoms with Crippen molar-refractivity contribution in [3.05, 3.63) is 34.6 Å². The van der Waals surface area contributed by atoms with Crippen molar-refractivity contribution in [1.29, 1.82) is 0 Å². The molecule has 0 bridgehead atoms. The molecule has 0 radical (unpaired) electrons. The van der Waals surface area contributed by atoms with Crippen molar-refractivity contribution in [3.63, 3.8) is 0 Å². The van der Waals surface area contributed by atoms with Crippen LogP contribution in [0.3, 0.4) is 0 Å². The van der Waals surface area contributed by atoms with Crippen LogP contribution in [0.1, 0.15) is 18.4 Å². The Morgan fingerprint density at radius 3 is 2.53 bits per heavy atom. The fourth-order valence-electron chi connectivity index (χ4n) is 1.26. The van der Waals surface area contributed by atoms with Gasteiger partial charge in [0.05, 0.1) is 6.42 Å². The van der Waals surface area contributed by atoms with Gasteiger partial charge in [-0.15, -0.1) is 0 Å². The third kappa shape index (κ3) is 5.17. The fourth-order valence-corrected chi connectivity index (χ4v) is 1.45. The molecule has 1 aromatic rings. The summed E-state index contributed by atoms with van der Waals surface area (Å²) in [6, 6.07) is 3.43. The first kappa shape index (κ1) is 14.0. The van der Waals surface area contributed by atoms with Crippen molar-refractivity contribution in [2.24, 2.45) is 0 Å². The van der Waals surface area contributed by atoms with Gasteiger partial charge in [-0.2, -0.15) is 13.2 Å². The Balaban J connectivity index is 2.59.